The summed E-state index contributed by atoms with van der Waals surface area (Å²) >= 11 is 0. The van der Waals surface area contributed by atoms with Gasteiger partial charge in [0.05, 0.1) is 24.1 Å². The van der Waals surface area contributed by atoms with E-state index in [1.54, 1.807) is 6.20 Å². The molecule has 0 aliphatic heterocycles. The van der Waals surface area contributed by atoms with Crippen LogP contribution in [0.25, 0.3) is 17.0 Å². The highest BCUT2D eigenvalue weighted by Gasteiger charge is 2.23. The molecular weight excluding hydrogens is 400 g/mol. The third kappa shape index (κ3) is 4.21. The Balaban J connectivity index is 1.19. The molecule has 0 spiro atoms. The lowest BCUT2D eigenvalue weighted by Crippen LogP contribution is -2.23. The first kappa shape index (κ1) is 20.2. The zero-order valence-electron chi connectivity index (χ0n) is 18.2. The molecular formula is C26H26N4O2. The molecule has 2 aromatic heterocycles. The van der Waals surface area contributed by atoms with E-state index in [1.165, 1.54) is 16.8 Å². The first-order chi connectivity index (χ1) is 15.7. The summed E-state index contributed by atoms with van der Waals surface area (Å²) < 4.78 is 7.86. The molecule has 4 aromatic rings. The summed E-state index contributed by atoms with van der Waals surface area (Å²) in [6, 6.07) is 18.3. The minimum absolute atomic E-state index is 0.0268. The first-order valence-corrected chi connectivity index (χ1v) is 11.1. The Morgan fingerprint density at radius 3 is 2.72 bits per heavy atom. The lowest BCUT2D eigenvalue weighted by atomic mass is 10.1. The smallest absolute Gasteiger partial charge is 0.220 e. The SMILES string of the molecule is Cc1ccc(-c2cnc(CCC(=O)NCc3nn(-c4ccccc4)c4c3CCC4)o2)cc1. The maximum atomic E-state index is 12.5. The number of para-hydroxylation sites is 1. The number of rotatable bonds is 7. The normalized spacial score (nSPS) is 12.7. The molecule has 1 aliphatic rings. The second-order valence-electron chi connectivity index (χ2n) is 8.23. The van der Waals surface area contributed by atoms with Crippen LogP contribution in [-0.4, -0.2) is 20.7 Å². The molecule has 6 heteroatoms. The number of carbonyl (C=O) groups excluding carboxylic acids is 1. The molecule has 162 valence electrons. The Labute approximate surface area is 187 Å². The molecule has 1 N–H and O–H groups in total. The van der Waals surface area contributed by atoms with Crippen LogP contribution in [0.15, 0.2) is 65.2 Å². The molecule has 0 bridgehead atoms. The van der Waals surface area contributed by atoms with Crippen molar-refractivity contribution >= 4 is 5.91 Å². The maximum absolute atomic E-state index is 12.5. The van der Waals surface area contributed by atoms with Gasteiger partial charge < -0.3 is 9.73 Å². The van der Waals surface area contributed by atoms with Crippen LogP contribution in [0.2, 0.25) is 0 Å². The number of hydrogen-bond acceptors (Lipinski definition) is 4. The van der Waals surface area contributed by atoms with Gasteiger partial charge in [-0.05, 0) is 43.9 Å². The minimum atomic E-state index is -0.0268. The molecule has 5 rings (SSSR count). The first-order valence-electron chi connectivity index (χ1n) is 11.1. The zero-order valence-corrected chi connectivity index (χ0v) is 18.2. The van der Waals surface area contributed by atoms with Crippen LogP contribution < -0.4 is 5.32 Å². The summed E-state index contributed by atoms with van der Waals surface area (Å²) in [6.45, 7) is 2.50. The maximum Gasteiger partial charge on any atom is 0.220 e. The van der Waals surface area contributed by atoms with Crippen LogP contribution in [0.3, 0.4) is 0 Å². The second-order valence-corrected chi connectivity index (χ2v) is 8.23. The standard InChI is InChI=1S/C26H26N4O2/c1-18-10-12-19(13-11-18)24-17-28-26(32-24)15-14-25(31)27-16-22-21-8-5-9-23(21)30(29-22)20-6-3-2-4-7-20/h2-4,6-7,10-13,17H,5,8-9,14-16H2,1H3,(H,27,31). The number of aromatic nitrogens is 3. The van der Waals surface area contributed by atoms with Gasteiger partial charge in [0.2, 0.25) is 5.91 Å². The predicted octanol–water partition coefficient (Wildman–Crippen LogP) is 4.57. The summed E-state index contributed by atoms with van der Waals surface area (Å²) in [5.41, 5.74) is 6.77. The van der Waals surface area contributed by atoms with Gasteiger partial charge in [0, 0.05) is 24.1 Å². The summed E-state index contributed by atoms with van der Waals surface area (Å²) in [7, 11) is 0. The molecule has 2 aromatic carbocycles. The fourth-order valence-electron chi connectivity index (χ4n) is 4.21. The Morgan fingerprint density at radius 2 is 1.91 bits per heavy atom. The highest BCUT2D eigenvalue weighted by Crippen LogP contribution is 2.27. The van der Waals surface area contributed by atoms with E-state index in [4.69, 9.17) is 9.52 Å². The molecule has 0 fully saturated rings. The number of benzene rings is 2. The fourth-order valence-corrected chi connectivity index (χ4v) is 4.21. The average Bonchev–Trinajstić information content (AvgIpc) is 3.55. The predicted molar refractivity (Wildman–Crippen MR) is 122 cm³/mol. The number of carbonyl (C=O) groups is 1. The van der Waals surface area contributed by atoms with Crippen LogP contribution in [0, 0.1) is 6.92 Å². The van der Waals surface area contributed by atoms with Crippen molar-refractivity contribution in [3.63, 3.8) is 0 Å². The van der Waals surface area contributed by atoms with Crippen LogP contribution in [-0.2, 0) is 30.6 Å². The monoisotopic (exact) mass is 426 g/mol. The molecule has 0 unspecified atom stereocenters. The van der Waals surface area contributed by atoms with Crippen LogP contribution in [0.4, 0.5) is 0 Å². The van der Waals surface area contributed by atoms with E-state index >= 15 is 0 Å². The molecule has 2 heterocycles. The zero-order chi connectivity index (χ0) is 21.9. The molecule has 32 heavy (non-hydrogen) atoms. The third-order valence-corrected chi connectivity index (χ3v) is 5.92. The summed E-state index contributed by atoms with van der Waals surface area (Å²) in [5, 5.41) is 7.83. The Bertz CT molecular complexity index is 1220. The summed E-state index contributed by atoms with van der Waals surface area (Å²) in [5.74, 6) is 1.27. The van der Waals surface area contributed by atoms with E-state index < -0.39 is 0 Å². The number of nitrogens with zero attached hydrogens (tertiary/aromatic N) is 3. The van der Waals surface area contributed by atoms with Gasteiger partial charge in [-0.3, -0.25) is 4.79 Å². The number of fused-ring (bicyclic) bond motifs is 1. The number of oxazole rings is 1. The van der Waals surface area contributed by atoms with E-state index in [1.807, 2.05) is 47.1 Å². The van der Waals surface area contributed by atoms with Gasteiger partial charge >= 0.3 is 0 Å². The van der Waals surface area contributed by atoms with E-state index in [0.29, 0.717) is 25.3 Å². The Kier molecular flexibility index (Phi) is 5.58. The number of nitrogens with one attached hydrogen (secondary N) is 1. The largest absolute Gasteiger partial charge is 0.441 e. The van der Waals surface area contributed by atoms with Crippen LogP contribution >= 0.6 is 0 Å². The average molecular weight is 427 g/mol. The van der Waals surface area contributed by atoms with E-state index in [2.05, 4.69) is 29.4 Å². The topological polar surface area (TPSA) is 73.0 Å². The number of aryl methyl sites for hydroxylation is 2. The number of hydrogen-bond donors (Lipinski definition) is 1. The molecule has 1 amide bonds. The molecule has 0 saturated carbocycles. The Hall–Kier alpha value is -3.67. The molecule has 1 aliphatic carbocycles. The molecule has 6 nitrogen and oxygen atoms in total. The Morgan fingerprint density at radius 1 is 1.09 bits per heavy atom. The van der Waals surface area contributed by atoms with Crippen LogP contribution in [0.5, 0.6) is 0 Å². The van der Waals surface area contributed by atoms with Crippen molar-refractivity contribution in [2.75, 3.05) is 0 Å². The van der Waals surface area contributed by atoms with Gasteiger partial charge in [-0.25, -0.2) is 9.67 Å². The number of amides is 1. The van der Waals surface area contributed by atoms with Gasteiger partial charge in [-0.1, -0.05) is 48.0 Å². The lowest BCUT2D eigenvalue weighted by Gasteiger charge is -2.05. The van der Waals surface area contributed by atoms with Gasteiger partial charge in [0.25, 0.3) is 0 Å². The van der Waals surface area contributed by atoms with E-state index in [9.17, 15) is 4.79 Å². The van der Waals surface area contributed by atoms with Crippen molar-refractivity contribution in [3.05, 3.63) is 89.2 Å². The lowest BCUT2D eigenvalue weighted by molar-refractivity contribution is -0.121. The van der Waals surface area contributed by atoms with Gasteiger partial charge in [0.15, 0.2) is 11.7 Å². The van der Waals surface area contributed by atoms with Crippen molar-refractivity contribution in [2.45, 2.75) is 45.6 Å². The van der Waals surface area contributed by atoms with E-state index in [0.717, 1.165) is 42.0 Å². The molecule has 0 atom stereocenters. The quantitative estimate of drug-likeness (QED) is 0.470. The van der Waals surface area contributed by atoms with Crippen molar-refractivity contribution in [3.8, 4) is 17.0 Å². The third-order valence-electron chi connectivity index (χ3n) is 5.92. The summed E-state index contributed by atoms with van der Waals surface area (Å²) in [6.07, 6.45) is 5.69. The van der Waals surface area contributed by atoms with Gasteiger partial charge in [-0.15, -0.1) is 0 Å². The fraction of sp³-hybridized carbons (Fsp3) is 0.269. The van der Waals surface area contributed by atoms with Crippen molar-refractivity contribution in [1.29, 1.82) is 0 Å². The van der Waals surface area contributed by atoms with Crippen molar-refractivity contribution in [2.24, 2.45) is 0 Å². The van der Waals surface area contributed by atoms with Gasteiger partial charge in [0.1, 0.15) is 0 Å². The molecule has 0 radical (unpaired) electrons. The minimum Gasteiger partial charge on any atom is -0.441 e. The molecule has 0 saturated heterocycles. The van der Waals surface area contributed by atoms with E-state index in [-0.39, 0.29) is 5.91 Å². The second kappa shape index (κ2) is 8.83. The van der Waals surface area contributed by atoms with Crippen molar-refractivity contribution in [1.82, 2.24) is 20.1 Å². The highest BCUT2D eigenvalue weighted by atomic mass is 16.4. The summed E-state index contributed by atoms with van der Waals surface area (Å²) in [4.78, 5) is 16.8. The van der Waals surface area contributed by atoms with Crippen LogP contribution in [0.1, 0.15) is 41.2 Å². The van der Waals surface area contributed by atoms with Crippen molar-refractivity contribution < 1.29 is 9.21 Å². The van der Waals surface area contributed by atoms with Gasteiger partial charge in [-0.2, -0.15) is 5.10 Å². The highest BCUT2D eigenvalue weighted by molar-refractivity contribution is 5.76.